The molecule has 0 saturated heterocycles. The zero-order valence-corrected chi connectivity index (χ0v) is 20.9. The molecule has 0 radical (unpaired) electrons. The van der Waals surface area contributed by atoms with Crippen molar-refractivity contribution in [2.75, 3.05) is 5.32 Å². The molecule has 2 amide bonds. The summed E-state index contributed by atoms with van der Waals surface area (Å²) >= 11 is 1.73. The maximum Gasteiger partial charge on any atom is 0.256 e. The molecule has 1 fully saturated rings. The molecular weight excluding hydrogens is 458 g/mol. The Hall–Kier alpha value is -3.26. The highest BCUT2D eigenvalue weighted by molar-refractivity contribution is 7.15. The Labute approximate surface area is 210 Å². The molecule has 6 nitrogen and oxygen atoms in total. The number of rotatable bonds is 8. The normalized spacial score (nSPS) is 17.2. The Bertz CT molecular complexity index is 1250. The number of nitrogens with one attached hydrogen (secondary N) is 3. The highest BCUT2D eigenvalue weighted by Gasteiger charge is 2.22. The largest absolute Gasteiger partial charge is 0.393 e. The van der Waals surface area contributed by atoms with Gasteiger partial charge in [-0.3, -0.25) is 9.59 Å². The number of aliphatic hydroxyl groups is 1. The summed E-state index contributed by atoms with van der Waals surface area (Å²) in [4.78, 5) is 26.7. The summed E-state index contributed by atoms with van der Waals surface area (Å²) in [7, 11) is 0. The van der Waals surface area contributed by atoms with Crippen molar-refractivity contribution >= 4 is 34.5 Å². The smallest absolute Gasteiger partial charge is 0.256 e. The summed E-state index contributed by atoms with van der Waals surface area (Å²) in [6.07, 6.45) is 2.55. The van der Waals surface area contributed by atoms with E-state index in [4.69, 9.17) is 0 Å². The van der Waals surface area contributed by atoms with Gasteiger partial charge < -0.3 is 21.1 Å². The molecule has 1 heterocycles. The standard InChI is InChI=1S/C28H31N3O3S/c1-17-7-8-23(31-19(3)32)15-26(17)28(34)30-18(2)20-5-4-6-21(13-20)27-12-11-25(35-27)16-29-22-9-10-24(33)14-22/h4-8,11-13,15,22,24,29,33H,2,9-10,14,16H2,1,3H3,(H,30,34)(H,31,32)/t22-,24+/m0/s1. The number of hydrogen-bond donors (Lipinski definition) is 4. The van der Waals surface area contributed by atoms with E-state index in [1.807, 2.05) is 31.2 Å². The van der Waals surface area contributed by atoms with Gasteiger partial charge in [0.2, 0.25) is 5.91 Å². The van der Waals surface area contributed by atoms with E-state index in [-0.39, 0.29) is 17.9 Å². The first-order valence-electron chi connectivity index (χ1n) is 11.8. The first kappa shape index (κ1) is 24.9. The van der Waals surface area contributed by atoms with E-state index in [1.165, 1.54) is 11.8 Å². The van der Waals surface area contributed by atoms with Crippen molar-refractivity contribution < 1.29 is 14.7 Å². The van der Waals surface area contributed by atoms with E-state index in [0.717, 1.165) is 47.4 Å². The van der Waals surface area contributed by atoms with E-state index in [0.29, 0.717) is 23.0 Å². The molecule has 4 N–H and O–H groups in total. The molecule has 1 aliphatic rings. The lowest BCUT2D eigenvalue weighted by molar-refractivity contribution is -0.114. The summed E-state index contributed by atoms with van der Waals surface area (Å²) in [5.74, 6) is -0.460. The van der Waals surface area contributed by atoms with Gasteiger partial charge in [-0.15, -0.1) is 11.3 Å². The number of benzene rings is 2. The van der Waals surface area contributed by atoms with Crippen LogP contribution in [-0.2, 0) is 11.3 Å². The lowest BCUT2D eigenvalue weighted by Gasteiger charge is -2.13. The molecule has 3 aromatic rings. The highest BCUT2D eigenvalue weighted by Crippen LogP contribution is 2.30. The Balaban J connectivity index is 1.42. The summed E-state index contributed by atoms with van der Waals surface area (Å²) in [6.45, 7) is 8.16. The van der Waals surface area contributed by atoms with Crippen LogP contribution in [0.5, 0.6) is 0 Å². The molecular formula is C28H31N3O3S. The van der Waals surface area contributed by atoms with Gasteiger partial charge in [0.15, 0.2) is 0 Å². The van der Waals surface area contributed by atoms with Gasteiger partial charge in [-0.05, 0) is 73.2 Å². The maximum absolute atomic E-state index is 12.9. The van der Waals surface area contributed by atoms with Gasteiger partial charge in [0, 0.05) is 46.2 Å². The minimum Gasteiger partial charge on any atom is -0.393 e. The maximum atomic E-state index is 12.9. The van der Waals surface area contributed by atoms with Crippen molar-refractivity contribution in [3.63, 3.8) is 0 Å². The first-order valence-corrected chi connectivity index (χ1v) is 12.6. The minimum absolute atomic E-state index is 0.173. The molecule has 35 heavy (non-hydrogen) atoms. The van der Waals surface area contributed by atoms with E-state index >= 15 is 0 Å². The van der Waals surface area contributed by atoms with Crippen LogP contribution in [0, 0.1) is 6.92 Å². The second kappa shape index (κ2) is 11.0. The van der Waals surface area contributed by atoms with Crippen LogP contribution < -0.4 is 16.0 Å². The van der Waals surface area contributed by atoms with Crippen molar-refractivity contribution in [3.8, 4) is 10.4 Å². The van der Waals surface area contributed by atoms with Crippen molar-refractivity contribution in [2.24, 2.45) is 0 Å². The van der Waals surface area contributed by atoms with Gasteiger partial charge in [0.05, 0.1) is 6.10 Å². The van der Waals surface area contributed by atoms with Crippen LogP contribution in [-0.4, -0.2) is 29.1 Å². The number of carbonyl (C=O) groups is 2. The van der Waals surface area contributed by atoms with Crippen molar-refractivity contribution in [1.82, 2.24) is 10.6 Å². The number of carbonyl (C=O) groups excluding carboxylic acids is 2. The summed E-state index contributed by atoms with van der Waals surface area (Å²) in [5, 5.41) is 18.9. The van der Waals surface area contributed by atoms with Gasteiger partial charge in [-0.1, -0.05) is 30.8 Å². The average molecular weight is 490 g/mol. The molecule has 0 spiro atoms. The molecule has 0 bridgehead atoms. The summed E-state index contributed by atoms with van der Waals surface area (Å²) < 4.78 is 0. The van der Waals surface area contributed by atoms with Crippen LogP contribution in [0.1, 0.15) is 52.5 Å². The predicted octanol–water partition coefficient (Wildman–Crippen LogP) is 5.09. The lowest BCUT2D eigenvalue weighted by atomic mass is 10.1. The van der Waals surface area contributed by atoms with E-state index in [2.05, 4.69) is 40.7 Å². The highest BCUT2D eigenvalue weighted by atomic mass is 32.1. The zero-order chi connectivity index (χ0) is 24.9. The minimum atomic E-state index is -0.272. The fourth-order valence-electron chi connectivity index (χ4n) is 4.30. The number of hydrogen-bond acceptors (Lipinski definition) is 5. The summed E-state index contributed by atoms with van der Waals surface area (Å²) in [6, 6.07) is 17.8. The predicted molar refractivity (Wildman–Crippen MR) is 142 cm³/mol. The molecule has 1 saturated carbocycles. The number of aryl methyl sites for hydroxylation is 1. The zero-order valence-electron chi connectivity index (χ0n) is 20.1. The van der Waals surface area contributed by atoms with Crippen LogP contribution in [0.15, 0.2) is 61.2 Å². The topological polar surface area (TPSA) is 90.5 Å². The third-order valence-electron chi connectivity index (χ3n) is 6.19. The van der Waals surface area contributed by atoms with Crippen LogP contribution in [0.3, 0.4) is 0 Å². The Morgan fingerprint density at radius 2 is 1.94 bits per heavy atom. The van der Waals surface area contributed by atoms with Crippen LogP contribution in [0.2, 0.25) is 0 Å². The molecule has 182 valence electrons. The van der Waals surface area contributed by atoms with Gasteiger partial charge in [0.1, 0.15) is 0 Å². The second-order valence-electron chi connectivity index (χ2n) is 9.04. The quantitative estimate of drug-likeness (QED) is 0.355. The fraction of sp³-hybridized carbons (Fsp3) is 0.286. The van der Waals surface area contributed by atoms with Crippen LogP contribution in [0.25, 0.3) is 16.1 Å². The Morgan fingerprint density at radius 1 is 1.11 bits per heavy atom. The van der Waals surface area contributed by atoms with Crippen molar-refractivity contribution in [2.45, 2.75) is 51.8 Å². The fourth-order valence-corrected chi connectivity index (χ4v) is 5.26. The van der Waals surface area contributed by atoms with E-state index in [1.54, 1.807) is 23.5 Å². The van der Waals surface area contributed by atoms with Gasteiger partial charge in [-0.25, -0.2) is 0 Å². The monoisotopic (exact) mass is 489 g/mol. The van der Waals surface area contributed by atoms with Crippen molar-refractivity contribution in [3.05, 3.63) is 82.7 Å². The van der Waals surface area contributed by atoms with Crippen LogP contribution in [0.4, 0.5) is 5.69 Å². The van der Waals surface area contributed by atoms with Gasteiger partial charge in [-0.2, -0.15) is 0 Å². The van der Waals surface area contributed by atoms with E-state index < -0.39 is 0 Å². The average Bonchev–Trinajstić information content (AvgIpc) is 3.47. The lowest BCUT2D eigenvalue weighted by Crippen LogP contribution is -2.25. The third kappa shape index (κ3) is 6.45. The molecule has 0 aliphatic heterocycles. The Kier molecular flexibility index (Phi) is 7.80. The van der Waals surface area contributed by atoms with E-state index in [9.17, 15) is 14.7 Å². The molecule has 2 aromatic carbocycles. The molecule has 1 aromatic heterocycles. The first-order chi connectivity index (χ1) is 16.8. The number of anilines is 1. The summed E-state index contributed by atoms with van der Waals surface area (Å²) in [5.41, 5.74) is 4.28. The third-order valence-corrected chi connectivity index (χ3v) is 7.33. The number of aliphatic hydroxyl groups excluding tert-OH is 1. The van der Waals surface area contributed by atoms with Gasteiger partial charge >= 0.3 is 0 Å². The molecule has 7 heteroatoms. The van der Waals surface area contributed by atoms with Crippen LogP contribution >= 0.6 is 11.3 Å². The Morgan fingerprint density at radius 3 is 2.69 bits per heavy atom. The number of amides is 2. The number of thiophene rings is 1. The van der Waals surface area contributed by atoms with Crippen molar-refractivity contribution in [1.29, 1.82) is 0 Å². The SMILES string of the molecule is C=C(NC(=O)c1cc(NC(C)=O)ccc1C)c1cccc(-c2ccc(CN[C@H]3CC[C@@H](O)C3)s2)c1. The molecule has 1 aliphatic carbocycles. The second-order valence-corrected chi connectivity index (χ2v) is 10.2. The molecule has 4 rings (SSSR count). The molecule has 2 atom stereocenters. The molecule has 0 unspecified atom stereocenters. The van der Waals surface area contributed by atoms with Gasteiger partial charge in [0.25, 0.3) is 5.91 Å².